The first-order valence-electron chi connectivity index (χ1n) is 31.2. The van der Waals surface area contributed by atoms with Crippen molar-refractivity contribution in [2.24, 2.45) is 0 Å². The Morgan fingerprint density at radius 2 is 0.281 bits per heavy atom. The average molecular weight is 936 g/mol. The van der Waals surface area contributed by atoms with Crippen LogP contribution in [-0.2, 0) is 0 Å². The predicted octanol–water partition coefficient (Wildman–Crippen LogP) is 24.7. The van der Waals surface area contributed by atoms with Crippen LogP contribution in [0.3, 0.4) is 0 Å². The van der Waals surface area contributed by atoms with Crippen LogP contribution in [0.2, 0.25) is 0 Å². The Labute approximate surface area is 412 Å². The second-order valence-electron chi connectivity index (χ2n) is 21.7. The highest BCUT2D eigenvalue weighted by atomic mass is 31.2. The summed E-state index contributed by atoms with van der Waals surface area (Å²) in [5, 5.41) is 1.06. The minimum absolute atomic E-state index is 0.206. The Morgan fingerprint density at radius 1 is 0.172 bits per heavy atom. The molecule has 0 radical (unpaired) electrons. The van der Waals surface area contributed by atoms with Crippen molar-refractivity contribution >= 4 is 15.8 Å². The summed E-state index contributed by atoms with van der Waals surface area (Å²) in [6.45, 7) is 12.2. The van der Waals surface area contributed by atoms with Gasteiger partial charge in [-0.1, -0.05) is 359 Å². The number of hydrogen-bond acceptors (Lipinski definition) is 0. The normalized spacial score (nSPS) is 12.0. The molecule has 0 atom stereocenters. The zero-order chi connectivity index (χ0) is 46.3. The summed E-state index contributed by atoms with van der Waals surface area (Å²) in [5.74, 6) is 0. The fourth-order valence-corrected chi connectivity index (χ4v) is 18.2. The van der Waals surface area contributed by atoms with Crippen molar-refractivity contribution in [1.29, 1.82) is 0 Å². The monoisotopic (exact) mass is 935 g/mol. The maximum atomic E-state index is 2.83. The average Bonchev–Trinajstić information content (AvgIpc) is 3.30. The molecule has 0 aromatic carbocycles. The SMILES string of the molecule is CCCCCCCCCCCCCCCP(CCCCCCCCCCCCCCC)C(C)P(CCCCCCCCCCCCCCC)CCCCCCCCCCCCCCC. The van der Waals surface area contributed by atoms with Gasteiger partial charge in [0.2, 0.25) is 0 Å². The van der Waals surface area contributed by atoms with Gasteiger partial charge in [0.15, 0.2) is 0 Å². The molecular formula is C62H128P2. The zero-order valence-electron chi connectivity index (χ0n) is 46.1. The van der Waals surface area contributed by atoms with E-state index in [0.717, 1.165) is 5.40 Å². The Morgan fingerprint density at radius 3 is 0.406 bits per heavy atom. The number of hydrogen-bond donors (Lipinski definition) is 0. The molecule has 2 heteroatoms. The molecule has 0 N–H and O–H groups in total. The number of unbranched alkanes of at least 4 members (excludes halogenated alkanes) is 48. The smallest absolute Gasteiger partial charge is 0.00342 e. The Balaban J connectivity index is 4.96. The van der Waals surface area contributed by atoms with Gasteiger partial charge in [0.25, 0.3) is 0 Å². The summed E-state index contributed by atoms with van der Waals surface area (Å²) >= 11 is 0. The summed E-state index contributed by atoms with van der Waals surface area (Å²) in [5.41, 5.74) is 0. The summed E-state index contributed by atoms with van der Waals surface area (Å²) in [4.78, 5) is 0. The lowest BCUT2D eigenvalue weighted by molar-refractivity contribution is 0.542. The molecule has 0 nitrogen and oxygen atoms in total. The summed E-state index contributed by atoms with van der Waals surface area (Å²) in [7, 11) is 0.412. The maximum Gasteiger partial charge on any atom is -0.00342 e. The van der Waals surface area contributed by atoms with E-state index in [1.165, 1.54) is 308 Å². The molecule has 0 fully saturated rings. The summed E-state index contributed by atoms with van der Waals surface area (Å²) < 4.78 is 0. The van der Waals surface area contributed by atoms with Gasteiger partial charge in [-0.2, -0.15) is 0 Å². The van der Waals surface area contributed by atoms with Crippen LogP contribution < -0.4 is 0 Å². The van der Waals surface area contributed by atoms with Crippen molar-refractivity contribution in [2.45, 2.75) is 374 Å². The number of rotatable bonds is 58. The summed E-state index contributed by atoms with van der Waals surface area (Å²) in [6, 6.07) is 0. The third-order valence-electron chi connectivity index (χ3n) is 15.3. The molecule has 0 heterocycles. The van der Waals surface area contributed by atoms with Crippen LogP contribution in [-0.4, -0.2) is 30.0 Å². The van der Waals surface area contributed by atoms with Crippen LogP contribution in [0.5, 0.6) is 0 Å². The molecule has 0 unspecified atom stereocenters. The van der Waals surface area contributed by atoms with Crippen molar-refractivity contribution in [1.82, 2.24) is 0 Å². The first-order chi connectivity index (χ1) is 31.7. The Kier molecular flexibility index (Phi) is 59.0. The largest absolute Gasteiger partial charge is 0.0994 e. The minimum Gasteiger partial charge on any atom is -0.0994 e. The highest BCUT2D eigenvalue weighted by molar-refractivity contribution is 7.75. The van der Waals surface area contributed by atoms with Crippen LogP contribution in [0.1, 0.15) is 369 Å². The van der Waals surface area contributed by atoms with Gasteiger partial charge >= 0.3 is 0 Å². The quantitative estimate of drug-likeness (QED) is 0.0421. The standard InChI is InChI=1S/C62H128P2/c1-6-10-14-18-22-26-30-34-38-42-46-50-54-58-63(59-55-51-47-43-39-35-31-27-23-19-15-11-7-2)62(5)64(60-56-52-48-44-40-36-32-28-24-20-16-12-8-3)61-57-53-49-45-41-37-33-29-25-21-17-13-9-4/h62H,6-61H2,1-5H3. The molecule has 0 aromatic heterocycles. The van der Waals surface area contributed by atoms with Crippen molar-refractivity contribution in [3.05, 3.63) is 0 Å². The second-order valence-corrected chi connectivity index (χ2v) is 27.8. The lowest BCUT2D eigenvalue weighted by Gasteiger charge is -2.33. The Hall–Kier alpha value is 0.860. The Bertz CT molecular complexity index is 672. The molecule has 0 bridgehead atoms. The van der Waals surface area contributed by atoms with Crippen LogP contribution in [0, 0.1) is 0 Å². The van der Waals surface area contributed by atoms with E-state index in [2.05, 4.69) is 34.6 Å². The molecule has 0 aliphatic rings. The second kappa shape index (κ2) is 58.2. The highest BCUT2D eigenvalue weighted by Gasteiger charge is 2.24. The highest BCUT2D eigenvalue weighted by Crippen LogP contribution is 2.59. The predicted molar refractivity (Wildman–Crippen MR) is 306 cm³/mol. The van der Waals surface area contributed by atoms with E-state index in [9.17, 15) is 0 Å². The van der Waals surface area contributed by atoms with Crippen LogP contribution >= 0.6 is 15.8 Å². The van der Waals surface area contributed by atoms with Gasteiger partial charge < -0.3 is 0 Å². The van der Waals surface area contributed by atoms with Crippen LogP contribution in [0.15, 0.2) is 0 Å². The fraction of sp³-hybridized carbons (Fsp3) is 1.00. The molecule has 0 spiro atoms. The summed E-state index contributed by atoms with van der Waals surface area (Å²) in [6.07, 6.45) is 83.8. The van der Waals surface area contributed by atoms with Gasteiger partial charge in [-0.3, -0.25) is 0 Å². The van der Waals surface area contributed by atoms with E-state index in [1.54, 1.807) is 50.3 Å². The van der Waals surface area contributed by atoms with Gasteiger partial charge in [0, 0.05) is 0 Å². The molecule has 0 aliphatic carbocycles. The molecule has 0 rings (SSSR count). The maximum absolute atomic E-state index is 2.83. The van der Waals surface area contributed by atoms with Crippen LogP contribution in [0.25, 0.3) is 0 Å². The first-order valence-corrected chi connectivity index (χ1v) is 34.7. The molecule has 0 aromatic rings. The van der Waals surface area contributed by atoms with Gasteiger partial charge in [-0.05, 0) is 55.7 Å². The van der Waals surface area contributed by atoms with Gasteiger partial charge in [0.05, 0.1) is 0 Å². The van der Waals surface area contributed by atoms with Gasteiger partial charge in [-0.25, -0.2) is 0 Å². The minimum atomic E-state index is 0.206. The van der Waals surface area contributed by atoms with Crippen LogP contribution in [0.4, 0.5) is 0 Å². The first kappa shape index (κ1) is 64.9. The fourth-order valence-electron chi connectivity index (χ4n) is 10.5. The van der Waals surface area contributed by atoms with Gasteiger partial charge in [0.1, 0.15) is 0 Å². The van der Waals surface area contributed by atoms with Crippen molar-refractivity contribution < 1.29 is 0 Å². The van der Waals surface area contributed by atoms with Gasteiger partial charge in [-0.15, -0.1) is 0 Å². The molecule has 0 saturated carbocycles. The molecule has 0 saturated heterocycles. The van der Waals surface area contributed by atoms with Crippen molar-refractivity contribution in [2.75, 3.05) is 24.6 Å². The molecule has 386 valence electrons. The molecular weight excluding hydrogens is 807 g/mol. The van der Waals surface area contributed by atoms with E-state index in [0.29, 0.717) is 0 Å². The van der Waals surface area contributed by atoms with Crippen molar-refractivity contribution in [3.8, 4) is 0 Å². The molecule has 0 aliphatic heterocycles. The van der Waals surface area contributed by atoms with E-state index < -0.39 is 0 Å². The molecule has 0 amide bonds. The topological polar surface area (TPSA) is 0 Å². The molecule has 64 heavy (non-hydrogen) atoms. The van der Waals surface area contributed by atoms with E-state index in [1.807, 2.05) is 0 Å². The third-order valence-corrected chi connectivity index (χ3v) is 22.9. The lowest BCUT2D eigenvalue weighted by atomic mass is 10.0. The lowest BCUT2D eigenvalue weighted by Crippen LogP contribution is -2.09. The van der Waals surface area contributed by atoms with E-state index in [4.69, 9.17) is 0 Å². The van der Waals surface area contributed by atoms with Crippen molar-refractivity contribution in [3.63, 3.8) is 0 Å². The zero-order valence-corrected chi connectivity index (χ0v) is 47.9. The third kappa shape index (κ3) is 50.7. The van der Waals surface area contributed by atoms with E-state index in [-0.39, 0.29) is 15.8 Å². The van der Waals surface area contributed by atoms with E-state index >= 15 is 0 Å².